The van der Waals surface area contributed by atoms with Crippen molar-refractivity contribution in [3.05, 3.63) is 39.5 Å². The van der Waals surface area contributed by atoms with Crippen LogP contribution in [0.2, 0.25) is 0 Å². The van der Waals surface area contributed by atoms with Gasteiger partial charge in [-0.1, -0.05) is 0 Å². The van der Waals surface area contributed by atoms with Crippen molar-refractivity contribution < 1.29 is 9.72 Å². The molecule has 1 saturated heterocycles. The summed E-state index contributed by atoms with van der Waals surface area (Å²) in [6.45, 7) is 11.9. The summed E-state index contributed by atoms with van der Waals surface area (Å²) in [5.74, 6) is -0.0629. The Kier molecular flexibility index (Phi) is 5.78. The fourth-order valence-electron chi connectivity index (χ4n) is 3.47. The van der Waals surface area contributed by atoms with Gasteiger partial charge in [0.2, 0.25) is 5.91 Å². The number of hydrogen-bond donors (Lipinski definition) is 0. The van der Waals surface area contributed by atoms with E-state index in [0.717, 1.165) is 31.9 Å². The first-order chi connectivity index (χ1) is 13.3. The normalized spacial score (nSPS) is 16.4. The van der Waals surface area contributed by atoms with Gasteiger partial charge in [-0.3, -0.25) is 29.2 Å². The molecule has 2 aromatic heterocycles. The lowest BCUT2D eigenvalue weighted by Gasteiger charge is -2.35. The zero-order chi connectivity index (χ0) is 20.4. The molecular weight excluding hydrogens is 362 g/mol. The van der Waals surface area contributed by atoms with E-state index in [1.54, 1.807) is 13.8 Å². The van der Waals surface area contributed by atoms with Crippen molar-refractivity contribution in [2.75, 3.05) is 26.2 Å². The van der Waals surface area contributed by atoms with E-state index >= 15 is 0 Å². The number of carbonyl (C=O) groups is 1. The van der Waals surface area contributed by atoms with Crippen LogP contribution in [-0.4, -0.2) is 66.4 Å². The Hall–Kier alpha value is -2.75. The molecule has 0 bridgehead atoms. The lowest BCUT2D eigenvalue weighted by molar-refractivity contribution is -0.385. The van der Waals surface area contributed by atoms with Gasteiger partial charge in [0, 0.05) is 51.0 Å². The van der Waals surface area contributed by atoms with Gasteiger partial charge in [0.1, 0.15) is 17.9 Å². The number of carbonyl (C=O) groups excluding carboxylic acids is 1. The average molecular weight is 389 g/mol. The van der Waals surface area contributed by atoms with Crippen LogP contribution in [0.1, 0.15) is 36.8 Å². The van der Waals surface area contributed by atoms with Gasteiger partial charge >= 0.3 is 5.69 Å². The molecule has 152 valence electrons. The molecule has 0 spiro atoms. The minimum absolute atomic E-state index is 0.0625. The summed E-state index contributed by atoms with van der Waals surface area (Å²) in [7, 11) is 0. The highest BCUT2D eigenvalue weighted by Crippen LogP contribution is 2.20. The van der Waals surface area contributed by atoms with Crippen molar-refractivity contribution in [1.29, 1.82) is 0 Å². The Morgan fingerprint density at radius 3 is 2.39 bits per heavy atom. The van der Waals surface area contributed by atoms with Crippen LogP contribution in [0.3, 0.4) is 0 Å². The predicted octanol–water partition coefficient (Wildman–Crippen LogP) is 1.53. The molecule has 3 heterocycles. The third-order valence-corrected chi connectivity index (χ3v) is 5.29. The fraction of sp³-hybridized carbons (Fsp3) is 0.611. The number of amides is 1. The molecule has 2 aromatic rings. The molecule has 10 nitrogen and oxygen atoms in total. The van der Waals surface area contributed by atoms with Crippen LogP contribution in [0.15, 0.2) is 12.4 Å². The Bertz CT molecular complexity index is 865. The molecule has 28 heavy (non-hydrogen) atoms. The quantitative estimate of drug-likeness (QED) is 0.548. The Morgan fingerprint density at radius 2 is 1.86 bits per heavy atom. The predicted molar refractivity (Wildman–Crippen MR) is 103 cm³/mol. The fourth-order valence-corrected chi connectivity index (χ4v) is 3.47. The van der Waals surface area contributed by atoms with Crippen LogP contribution < -0.4 is 0 Å². The molecule has 3 rings (SSSR count). The molecule has 0 saturated carbocycles. The second-order valence-electron chi connectivity index (χ2n) is 7.21. The maximum Gasteiger partial charge on any atom is 0.309 e. The molecule has 1 atom stereocenters. The molecule has 0 aromatic carbocycles. The van der Waals surface area contributed by atoms with Crippen molar-refractivity contribution >= 4 is 11.6 Å². The number of hydrogen-bond acceptors (Lipinski definition) is 6. The summed E-state index contributed by atoms with van der Waals surface area (Å²) in [4.78, 5) is 27.5. The summed E-state index contributed by atoms with van der Waals surface area (Å²) in [6.07, 6.45) is 3.42. The van der Waals surface area contributed by atoms with E-state index in [1.807, 2.05) is 16.5 Å². The first kappa shape index (κ1) is 20.0. The average Bonchev–Trinajstić information content (AvgIpc) is 3.24. The Balaban J connectivity index is 1.58. The molecule has 1 aliphatic rings. The molecular formula is C18H27N7O3. The van der Waals surface area contributed by atoms with E-state index in [9.17, 15) is 14.9 Å². The molecule has 0 radical (unpaired) electrons. The monoisotopic (exact) mass is 389 g/mol. The molecule has 1 fully saturated rings. The highest BCUT2D eigenvalue weighted by Gasteiger charge is 2.28. The van der Waals surface area contributed by atoms with Gasteiger partial charge in [-0.05, 0) is 27.7 Å². The molecule has 1 unspecified atom stereocenters. The van der Waals surface area contributed by atoms with Crippen molar-refractivity contribution in [2.24, 2.45) is 0 Å². The van der Waals surface area contributed by atoms with E-state index in [2.05, 4.69) is 28.2 Å². The summed E-state index contributed by atoms with van der Waals surface area (Å²) in [5.41, 5.74) is 2.52. The third kappa shape index (κ3) is 4.06. The van der Waals surface area contributed by atoms with Crippen LogP contribution >= 0.6 is 0 Å². The van der Waals surface area contributed by atoms with Crippen molar-refractivity contribution in [3.63, 3.8) is 0 Å². The van der Waals surface area contributed by atoms with E-state index < -0.39 is 11.0 Å². The Morgan fingerprint density at radius 1 is 1.18 bits per heavy atom. The molecule has 0 N–H and O–H groups in total. The van der Waals surface area contributed by atoms with Crippen LogP contribution in [0.5, 0.6) is 0 Å². The van der Waals surface area contributed by atoms with Crippen LogP contribution in [0.4, 0.5) is 5.69 Å². The van der Waals surface area contributed by atoms with Crippen molar-refractivity contribution in [2.45, 2.75) is 46.8 Å². The molecule has 1 amide bonds. The first-order valence-electron chi connectivity index (χ1n) is 9.54. The van der Waals surface area contributed by atoms with Gasteiger partial charge in [-0.25, -0.2) is 0 Å². The highest BCUT2D eigenvalue weighted by molar-refractivity contribution is 5.80. The van der Waals surface area contributed by atoms with Crippen molar-refractivity contribution in [3.8, 4) is 0 Å². The minimum atomic E-state index is -0.566. The third-order valence-electron chi connectivity index (χ3n) is 5.29. The highest BCUT2D eigenvalue weighted by atomic mass is 16.6. The Labute approximate surface area is 163 Å². The summed E-state index contributed by atoms with van der Waals surface area (Å²) in [6, 6.07) is -0.566. The first-order valence-corrected chi connectivity index (χ1v) is 9.54. The maximum atomic E-state index is 12.8. The summed E-state index contributed by atoms with van der Waals surface area (Å²) < 4.78 is 3.34. The topological polar surface area (TPSA) is 102 Å². The molecule has 10 heteroatoms. The second kappa shape index (κ2) is 8.09. The summed E-state index contributed by atoms with van der Waals surface area (Å²) in [5, 5.41) is 19.6. The largest absolute Gasteiger partial charge is 0.338 e. The van der Waals surface area contributed by atoms with Gasteiger partial charge in [-0.15, -0.1) is 0 Å². The number of piperazine rings is 1. The number of nitrogens with zero attached hydrogens (tertiary/aromatic N) is 7. The van der Waals surface area contributed by atoms with Gasteiger partial charge < -0.3 is 4.90 Å². The zero-order valence-electron chi connectivity index (χ0n) is 16.8. The number of aromatic nitrogens is 4. The van der Waals surface area contributed by atoms with Gasteiger partial charge in [0.05, 0.1) is 10.6 Å². The van der Waals surface area contributed by atoms with E-state index in [1.165, 1.54) is 16.4 Å². The standard InChI is InChI=1S/C18H27N7O3/c1-5-23-11-16(13(2)19-23)10-21-6-8-22(9-7-21)18(26)15(4)24-12-17(25(27)28)14(3)20-24/h11-12,15H,5-10H2,1-4H3. The van der Waals surface area contributed by atoms with Crippen LogP contribution in [0.25, 0.3) is 0 Å². The van der Waals surface area contributed by atoms with Crippen molar-refractivity contribution in [1.82, 2.24) is 29.4 Å². The zero-order valence-corrected chi connectivity index (χ0v) is 16.8. The van der Waals surface area contributed by atoms with Crippen LogP contribution in [0, 0.1) is 24.0 Å². The lowest BCUT2D eigenvalue weighted by Crippen LogP contribution is -2.50. The summed E-state index contributed by atoms with van der Waals surface area (Å²) >= 11 is 0. The van der Waals surface area contributed by atoms with Gasteiger partial charge in [0.15, 0.2) is 0 Å². The van der Waals surface area contributed by atoms with Crippen LogP contribution in [-0.2, 0) is 17.9 Å². The number of rotatable bonds is 6. The van der Waals surface area contributed by atoms with Gasteiger partial charge in [0.25, 0.3) is 0 Å². The van der Waals surface area contributed by atoms with Gasteiger partial charge in [-0.2, -0.15) is 10.2 Å². The smallest absolute Gasteiger partial charge is 0.309 e. The number of aryl methyl sites for hydroxylation is 3. The second-order valence-corrected chi connectivity index (χ2v) is 7.21. The minimum Gasteiger partial charge on any atom is -0.338 e. The maximum absolute atomic E-state index is 12.8. The van der Waals surface area contributed by atoms with E-state index in [4.69, 9.17) is 0 Å². The molecule has 1 aliphatic heterocycles. The lowest BCUT2D eigenvalue weighted by atomic mass is 10.2. The molecule has 0 aliphatic carbocycles. The van der Waals surface area contributed by atoms with E-state index in [0.29, 0.717) is 18.8 Å². The number of nitro groups is 1. The van der Waals surface area contributed by atoms with E-state index in [-0.39, 0.29) is 11.6 Å². The SMILES string of the molecule is CCn1cc(CN2CCN(C(=O)C(C)n3cc([N+](=O)[O-])c(C)n3)CC2)c(C)n1.